The van der Waals surface area contributed by atoms with E-state index in [1.807, 2.05) is 42.2 Å². The number of hydrazone groups is 1. The van der Waals surface area contributed by atoms with E-state index in [0.29, 0.717) is 18.9 Å². The fraction of sp³-hybridized carbons (Fsp3) is 0.429. The van der Waals surface area contributed by atoms with Crippen LogP contribution in [0.2, 0.25) is 0 Å². The number of rotatable bonds is 3. The number of carbonyl (C=O) groups is 1. The molecule has 1 aliphatic carbocycles. The van der Waals surface area contributed by atoms with Crippen LogP contribution in [-0.4, -0.2) is 33.3 Å². The number of anilines is 1. The minimum Gasteiger partial charge on any atom is -0.334 e. The minimum absolute atomic E-state index is 0.0643. The van der Waals surface area contributed by atoms with Crippen molar-refractivity contribution in [3.05, 3.63) is 52.7 Å². The number of fused-ring (bicyclic) bond motifs is 1. The zero-order chi connectivity index (χ0) is 18.6. The molecule has 1 N–H and O–H groups in total. The van der Waals surface area contributed by atoms with E-state index in [9.17, 15) is 4.79 Å². The van der Waals surface area contributed by atoms with Crippen molar-refractivity contribution in [2.75, 3.05) is 12.0 Å². The standard InChI is InChI=1S/C21H25N5O/c1-15-7-9-16(10-8-15)21(27)26-12-11-19-17(14-26)13-20(25-23-19)24-22-18-5-3-2-4-6-18/h7-10,13H,2-6,11-12,14H2,1H3,(H,24,25). The molecule has 1 aromatic heterocycles. The highest BCUT2D eigenvalue weighted by Crippen LogP contribution is 2.21. The Morgan fingerprint density at radius 1 is 1.07 bits per heavy atom. The Morgan fingerprint density at radius 2 is 1.85 bits per heavy atom. The van der Waals surface area contributed by atoms with E-state index in [0.717, 1.165) is 41.6 Å². The summed E-state index contributed by atoms with van der Waals surface area (Å²) in [7, 11) is 0. The van der Waals surface area contributed by atoms with Crippen LogP contribution in [-0.2, 0) is 13.0 Å². The zero-order valence-electron chi connectivity index (χ0n) is 15.7. The van der Waals surface area contributed by atoms with Crippen molar-refractivity contribution in [3.63, 3.8) is 0 Å². The van der Waals surface area contributed by atoms with Gasteiger partial charge in [-0.1, -0.05) is 24.1 Å². The molecule has 1 aromatic carbocycles. The molecule has 1 saturated carbocycles. The van der Waals surface area contributed by atoms with Gasteiger partial charge in [0.2, 0.25) is 0 Å². The first-order valence-electron chi connectivity index (χ1n) is 9.72. The highest BCUT2D eigenvalue weighted by molar-refractivity contribution is 5.94. The normalized spacial score (nSPS) is 16.6. The van der Waals surface area contributed by atoms with Crippen LogP contribution >= 0.6 is 0 Å². The predicted molar refractivity (Wildman–Crippen MR) is 106 cm³/mol. The van der Waals surface area contributed by atoms with Gasteiger partial charge in [-0.05, 0) is 56.4 Å². The van der Waals surface area contributed by atoms with Gasteiger partial charge in [-0.3, -0.25) is 10.2 Å². The second-order valence-corrected chi connectivity index (χ2v) is 7.39. The van der Waals surface area contributed by atoms with Gasteiger partial charge in [0.1, 0.15) is 0 Å². The summed E-state index contributed by atoms with van der Waals surface area (Å²) in [6, 6.07) is 9.71. The number of hydrogen-bond acceptors (Lipinski definition) is 5. The van der Waals surface area contributed by atoms with E-state index in [1.165, 1.54) is 25.0 Å². The van der Waals surface area contributed by atoms with Gasteiger partial charge < -0.3 is 4.90 Å². The predicted octanol–water partition coefficient (Wildman–Crippen LogP) is 3.72. The van der Waals surface area contributed by atoms with Crippen LogP contribution in [0, 0.1) is 6.92 Å². The lowest BCUT2D eigenvalue weighted by Gasteiger charge is -2.28. The summed E-state index contributed by atoms with van der Waals surface area (Å²) in [5, 5.41) is 13.1. The molecule has 0 bridgehead atoms. The van der Waals surface area contributed by atoms with E-state index < -0.39 is 0 Å². The largest absolute Gasteiger partial charge is 0.334 e. The van der Waals surface area contributed by atoms with E-state index >= 15 is 0 Å². The fourth-order valence-electron chi connectivity index (χ4n) is 3.64. The van der Waals surface area contributed by atoms with Gasteiger partial charge in [0.15, 0.2) is 5.82 Å². The summed E-state index contributed by atoms with van der Waals surface area (Å²) >= 11 is 0. The summed E-state index contributed by atoms with van der Waals surface area (Å²) < 4.78 is 0. The summed E-state index contributed by atoms with van der Waals surface area (Å²) in [6.45, 7) is 3.25. The van der Waals surface area contributed by atoms with Crippen LogP contribution in [0.25, 0.3) is 0 Å². The van der Waals surface area contributed by atoms with Crippen LogP contribution < -0.4 is 5.43 Å². The van der Waals surface area contributed by atoms with Crippen LogP contribution in [0.1, 0.15) is 59.3 Å². The number of nitrogens with zero attached hydrogens (tertiary/aromatic N) is 4. The Balaban J connectivity index is 1.46. The summed E-state index contributed by atoms with van der Waals surface area (Å²) in [5.41, 5.74) is 8.16. The van der Waals surface area contributed by atoms with Crippen molar-refractivity contribution in [1.29, 1.82) is 0 Å². The van der Waals surface area contributed by atoms with Crippen molar-refractivity contribution in [2.45, 2.75) is 52.0 Å². The smallest absolute Gasteiger partial charge is 0.254 e. The fourth-order valence-corrected chi connectivity index (χ4v) is 3.64. The van der Waals surface area contributed by atoms with Crippen LogP contribution in [0.3, 0.4) is 0 Å². The molecule has 27 heavy (non-hydrogen) atoms. The van der Waals surface area contributed by atoms with Crippen LogP contribution in [0.15, 0.2) is 35.4 Å². The van der Waals surface area contributed by atoms with Gasteiger partial charge in [-0.25, -0.2) is 0 Å². The number of amides is 1. The Labute approximate surface area is 159 Å². The maximum absolute atomic E-state index is 12.8. The number of carbonyl (C=O) groups excluding carboxylic acids is 1. The lowest BCUT2D eigenvalue weighted by Crippen LogP contribution is -2.36. The second kappa shape index (κ2) is 7.86. The van der Waals surface area contributed by atoms with Crippen LogP contribution in [0.4, 0.5) is 5.82 Å². The Morgan fingerprint density at radius 3 is 2.63 bits per heavy atom. The lowest BCUT2D eigenvalue weighted by molar-refractivity contribution is 0.0733. The van der Waals surface area contributed by atoms with Gasteiger partial charge in [-0.15, -0.1) is 5.10 Å². The van der Waals surface area contributed by atoms with Crippen molar-refractivity contribution >= 4 is 17.4 Å². The van der Waals surface area contributed by atoms with Gasteiger partial charge in [0.05, 0.1) is 5.69 Å². The first kappa shape index (κ1) is 17.6. The highest BCUT2D eigenvalue weighted by Gasteiger charge is 2.23. The molecule has 2 aliphatic rings. The lowest BCUT2D eigenvalue weighted by atomic mass is 9.99. The molecule has 0 spiro atoms. The van der Waals surface area contributed by atoms with Crippen molar-refractivity contribution < 1.29 is 4.79 Å². The zero-order valence-corrected chi connectivity index (χ0v) is 15.7. The third-order valence-corrected chi connectivity index (χ3v) is 5.28. The Kier molecular flexibility index (Phi) is 5.14. The number of nitrogens with one attached hydrogen (secondary N) is 1. The maximum Gasteiger partial charge on any atom is 0.254 e. The molecule has 1 amide bonds. The topological polar surface area (TPSA) is 70.5 Å². The summed E-state index contributed by atoms with van der Waals surface area (Å²) in [4.78, 5) is 14.7. The van der Waals surface area contributed by atoms with Gasteiger partial charge >= 0.3 is 0 Å². The average Bonchev–Trinajstić information content (AvgIpc) is 2.72. The molecule has 2 aromatic rings. The Hall–Kier alpha value is -2.76. The molecule has 140 valence electrons. The SMILES string of the molecule is Cc1ccc(C(=O)N2CCc3nnc(NN=C4CCCCC4)cc3C2)cc1. The van der Waals surface area contributed by atoms with Gasteiger partial charge in [0.25, 0.3) is 5.91 Å². The molecule has 0 radical (unpaired) electrons. The number of benzene rings is 1. The molecular formula is C21H25N5O. The molecule has 6 heteroatoms. The van der Waals surface area contributed by atoms with Crippen molar-refractivity contribution in [3.8, 4) is 0 Å². The third-order valence-electron chi connectivity index (χ3n) is 5.28. The van der Waals surface area contributed by atoms with E-state index in [2.05, 4.69) is 20.7 Å². The quantitative estimate of drug-likeness (QED) is 0.844. The molecule has 2 heterocycles. The summed E-state index contributed by atoms with van der Waals surface area (Å²) in [5.74, 6) is 0.714. The van der Waals surface area contributed by atoms with Gasteiger partial charge in [-0.2, -0.15) is 10.2 Å². The second-order valence-electron chi connectivity index (χ2n) is 7.39. The van der Waals surface area contributed by atoms with E-state index in [4.69, 9.17) is 0 Å². The number of aromatic nitrogens is 2. The number of hydrogen-bond donors (Lipinski definition) is 1. The van der Waals surface area contributed by atoms with Crippen molar-refractivity contribution in [2.24, 2.45) is 5.10 Å². The molecule has 1 fully saturated rings. The first-order valence-corrected chi connectivity index (χ1v) is 9.72. The molecule has 0 unspecified atom stereocenters. The summed E-state index contributed by atoms with van der Waals surface area (Å²) in [6.07, 6.45) is 6.57. The maximum atomic E-state index is 12.8. The minimum atomic E-state index is 0.0643. The molecule has 1 aliphatic heterocycles. The molecular weight excluding hydrogens is 338 g/mol. The highest BCUT2D eigenvalue weighted by atomic mass is 16.2. The van der Waals surface area contributed by atoms with Crippen molar-refractivity contribution in [1.82, 2.24) is 15.1 Å². The average molecular weight is 363 g/mol. The van der Waals surface area contributed by atoms with Crippen LogP contribution in [0.5, 0.6) is 0 Å². The first-order chi connectivity index (χ1) is 13.2. The van der Waals surface area contributed by atoms with Gasteiger partial charge in [0, 0.05) is 30.8 Å². The molecule has 0 saturated heterocycles. The molecule has 6 nitrogen and oxygen atoms in total. The van der Waals surface area contributed by atoms with E-state index in [-0.39, 0.29) is 5.91 Å². The number of aryl methyl sites for hydroxylation is 1. The third kappa shape index (κ3) is 4.15. The molecule has 0 atom stereocenters. The Bertz CT molecular complexity index is 851. The van der Waals surface area contributed by atoms with E-state index in [1.54, 1.807) is 0 Å². The molecule has 4 rings (SSSR count). The monoisotopic (exact) mass is 363 g/mol.